The third-order valence-corrected chi connectivity index (χ3v) is 3.83. The molecule has 1 aliphatic heterocycles. The van der Waals surface area contributed by atoms with Gasteiger partial charge in [0.15, 0.2) is 0 Å². The average molecular weight is 300 g/mol. The van der Waals surface area contributed by atoms with Crippen molar-refractivity contribution in [1.82, 2.24) is 19.8 Å². The molecule has 0 radical (unpaired) electrons. The van der Waals surface area contributed by atoms with E-state index in [1.807, 2.05) is 42.0 Å². The van der Waals surface area contributed by atoms with Crippen LogP contribution in [0.2, 0.25) is 0 Å². The van der Waals surface area contributed by atoms with Crippen LogP contribution >= 0.6 is 0 Å². The first-order valence-electron chi connectivity index (χ1n) is 7.45. The van der Waals surface area contributed by atoms with E-state index >= 15 is 0 Å². The monoisotopic (exact) mass is 300 g/mol. The van der Waals surface area contributed by atoms with E-state index < -0.39 is 0 Å². The van der Waals surface area contributed by atoms with Crippen molar-refractivity contribution in [3.63, 3.8) is 0 Å². The van der Waals surface area contributed by atoms with Crippen molar-refractivity contribution >= 4 is 6.03 Å². The zero-order chi connectivity index (χ0) is 15.4. The SMILES string of the molecule is CC(NC(=O)N1CCOCC1)c1ccc(-n2ccnc2)cc1. The predicted octanol–water partition coefficient (Wildman–Crippen LogP) is 1.98. The van der Waals surface area contributed by atoms with Crippen LogP contribution in [-0.4, -0.2) is 46.8 Å². The highest BCUT2D eigenvalue weighted by Crippen LogP contribution is 2.16. The zero-order valence-electron chi connectivity index (χ0n) is 12.6. The number of ether oxygens (including phenoxy) is 1. The van der Waals surface area contributed by atoms with E-state index in [1.54, 1.807) is 17.4 Å². The van der Waals surface area contributed by atoms with Gasteiger partial charge in [0.2, 0.25) is 0 Å². The number of urea groups is 1. The summed E-state index contributed by atoms with van der Waals surface area (Å²) in [5.74, 6) is 0. The van der Waals surface area contributed by atoms with Gasteiger partial charge in [-0.05, 0) is 24.6 Å². The second kappa shape index (κ2) is 6.62. The Hall–Kier alpha value is -2.34. The molecule has 6 nitrogen and oxygen atoms in total. The highest BCUT2D eigenvalue weighted by Gasteiger charge is 2.18. The van der Waals surface area contributed by atoms with Crippen molar-refractivity contribution in [1.29, 1.82) is 0 Å². The summed E-state index contributed by atoms with van der Waals surface area (Å²) in [6.07, 6.45) is 5.41. The topological polar surface area (TPSA) is 59.4 Å². The number of aromatic nitrogens is 2. The Labute approximate surface area is 129 Å². The van der Waals surface area contributed by atoms with E-state index in [4.69, 9.17) is 4.74 Å². The molecule has 1 aliphatic rings. The van der Waals surface area contributed by atoms with Crippen molar-refractivity contribution < 1.29 is 9.53 Å². The van der Waals surface area contributed by atoms with E-state index in [0.29, 0.717) is 26.3 Å². The highest BCUT2D eigenvalue weighted by molar-refractivity contribution is 5.74. The van der Waals surface area contributed by atoms with Crippen LogP contribution in [0.15, 0.2) is 43.0 Å². The fourth-order valence-electron chi connectivity index (χ4n) is 2.47. The lowest BCUT2D eigenvalue weighted by Crippen LogP contribution is -2.46. The van der Waals surface area contributed by atoms with Gasteiger partial charge in [-0.1, -0.05) is 12.1 Å². The predicted molar refractivity (Wildman–Crippen MR) is 82.9 cm³/mol. The number of hydrogen-bond donors (Lipinski definition) is 1. The number of carbonyl (C=O) groups is 1. The number of morpholine rings is 1. The molecule has 0 bridgehead atoms. The number of rotatable bonds is 3. The molecule has 1 atom stereocenters. The van der Waals surface area contributed by atoms with Crippen LogP contribution in [0.5, 0.6) is 0 Å². The minimum atomic E-state index is -0.0350. The Bertz CT molecular complexity index is 604. The van der Waals surface area contributed by atoms with Crippen molar-refractivity contribution in [3.05, 3.63) is 48.5 Å². The Balaban J connectivity index is 1.62. The van der Waals surface area contributed by atoms with Crippen LogP contribution in [0, 0.1) is 0 Å². The summed E-state index contributed by atoms with van der Waals surface area (Å²) in [4.78, 5) is 18.0. The summed E-state index contributed by atoms with van der Waals surface area (Å²) in [6.45, 7) is 4.52. The molecule has 1 aromatic heterocycles. The van der Waals surface area contributed by atoms with Gasteiger partial charge in [0.1, 0.15) is 0 Å². The fourth-order valence-corrected chi connectivity index (χ4v) is 2.47. The maximum atomic E-state index is 12.2. The summed E-state index contributed by atoms with van der Waals surface area (Å²) < 4.78 is 7.20. The number of hydrogen-bond acceptors (Lipinski definition) is 3. The maximum Gasteiger partial charge on any atom is 0.318 e. The Morgan fingerprint density at radius 3 is 2.64 bits per heavy atom. The second-order valence-corrected chi connectivity index (χ2v) is 5.33. The van der Waals surface area contributed by atoms with E-state index in [1.165, 1.54) is 0 Å². The molecule has 1 aromatic carbocycles. The van der Waals surface area contributed by atoms with Crippen LogP contribution in [-0.2, 0) is 4.74 Å². The number of nitrogens with one attached hydrogen (secondary N) is 1. The first kappa shape index (κ1) is 14.6. The molecule has 2 amide bonds. The van der Waals surface area contributed by atoms with Gasteiger partial charge in [-0.15, -0.1) is 0 Å². The normalized spacial score (nSPS) is 16.3. The third kappa shape index (κ3) is 3.28. The van der Waals surface area contributed by atoms with Crippen LogP contribution in [0.3, 0.4) is 0 Å². The molecule has 116 valence electrons. The third-order valence-electron chi connectivity index (χ3n) is 3.83. The minimum absolute atomic E-state index is 0.0329. The van der Waals surface area contributed by atoms with E-state index in [0.717, 1.165) is 11.3 Å². The van der Waals surface area contributed by atoms with Gasteiger partial charge in [0.05, 0.1) is 25.6 Å². The number of benzene rings is 1. The lowest BCUT2D eigenvalue weighted by atomic mass is 10.1. The van der Waals surface area contributed by atoms with Gasteiger partial charge in [-0.3, -0.25) is 0 Å². The summed E-state index contributed by atoms with van der Waals surface area (Å²) in [6, 6.07) is 8.03. The summed E-state index contributed by atoms with van der Waals surface area (Å²) in [5, 5.41) is 3.03. The largest absolute Gasteiger partial charge is 0.378 e. The lowest BCUT2D eigenvalue weighted by Gasteiger charge is -2.28. The summed E-state index contributed by atoms with van der Waals surface area (Å²) in [7, 11) is 0. The van der Waals surface area contributed by atoms with Gasteiger partial charge in [0.25, 0.3) is 0 Å². The molecule has 1 N–H and O–H groups in total. The van der Waals surface area contributed by atoms with Crippen LogP contribution < -0.4 is 5.32 Å². The van der Waals surface area contributed by atoms with Crippen LogP contribution in [0.4, 0.5) is 4.79 Å². The van der Waals surface area contributed by atoms with Gasteiger partial charge in [0, 0.05) is 31.2 Å². The molecule has 1 fully saturated rings. The molecule has 3 rings (SSSR count). The maximum absolute atomic E-state index is 12.2. The first-order chi connectivity index (χ1) is 10.7. The summed E-state index contributed by atoms with van der Waals surface area (Å²) >= 11 is 0. The molecule has 0 spiro atoms. The first-order valence-corrected chi connectivity index (χ1v) is 7.45. The van der Waals surface area contributed by atoms with Gasteiger partial charge in [-0.25, -0.2) is 9.78 Å². The molecule has 6 heteroatoms. The molecular formula is C16H20N4O2. The zero-order valence-corrected chi connectivity index (χ0v) is 12.6. The van der Waals surface area contributed by atoms with E-state index in [9.17, 15) is 4.79 Å². The van der Waals surface area contributed by atoms with Crippen molar-refractivity contribution in [2.75, 3.05) is 26.3 Å². The Morgan fingerprint density at radius 1 is 1.27 bits per heavy atom. The smallest absolute Gasteiger partial charge is 0.318 e. The molecule has 1 unspecified atom stereocenters. The number of imidazole rings is 1. The van der Waals surface area contributed by atoms with Crippen LogP contribution in [0.1, 0.15) is 18.5 Å². The lowest BCUT2D eigenvalue weighted by molar-refractivity contribution is 0.0526. The molecule has 2 aromatic rings. The molecule has 0 saturated carbocycles. The van der Waals surface area contributed by atoms with E-state index in [2.05, 4.69) is 10.3 Å². The highest BCUT2D eigenvalue weighted by atomic mass is 16.5. The molecule has 1 saturated heterocycles. The van der Waals surface area contributed by atoms with Gasteiger partial charge >= 0.3 is 6.03 Å². The molecular weight excluding hydrogens is 280 g/mol. The standard InChI is InChI=1S/C16H20N4O2/c1-13(18-16(21)19-8-10-22-11-9-19)14-2-4-15(5-3-14)20-7-6-17-12-20/h2-7,12-13H,8-11H2,1H3,(H,18,21). The summed E-state index contributed by atoms with van der Waals surface area (Å²) in [5.41, 5.74) is 2.12. The van der Waals surface area contributed by atoms with Crippen molar-refractivity contribution in [2.24, 2.45) is 0 Å². The Morgan fingerprint density at radius 2 is 2.00 bits per heavy atom. The van der Waals surface area contributed by atoms with E-state index in [-0.39, 0.29) is 12.1 Å². The quantitative estimate of drug-likeness (QED) is 0.943. The number of nitrogens with zero attached hydrogens (tertiary/aromatic N) is 3. The second-order valence-electron chi connectivity index (χ2n) is 5.33. The number of amides is 2. The molecule has 0 aliphatic carbocycles. The van der Waals surface area contributed by atoms with Gasteiger partial charge < -0.3 is 19.5 Å². The molecule has 22 heavy (non-hydrogen) atoms. The molecule has 2 heterocycles. The van der Waals surface area contributed by atoms with Crippen molar-refractivity contribution in [2.45, 2.75) is 13.0 Å². The van der Waals surface area contributed by atoms with Crippen molar-refractivity contribution in [3.8, 4) is 5.69 Å². The fraction of sp³-hybridized carbons (Fsp3) is 0.375. The Kier molecular flexibility index (Phi) is 4.39. The van der Waals surface area contributed by atoms with Crippen LogP contribution in [0.25, 0.3) is 5.69 Å². The van der Waals surface area contributed by atoms with Gasteiger partial charge in [-0.2, -0.15) is 0 Å². The number of carbonyl (C=O) groups excluding carboxylic acids is 1. The minimum Gasteiger partial charge on any atom is -0.378 e. The average Bonchev–Trinajstić information content (AvgIpc) is 3.10.